The molecule has 0 saturated heterocycles. The van der Waals surface area contributed by atoms with Crippen LogP contribution in [-0.4, -0.2) is 10.9 Å². The number of amides is 1. The molecule has 0 aliphatic rings. The Morgan fingerprint density at radius 2 is 1.68 bits per heavy atom. The minimum Gasteiger partial charge on any atom is -0.354 e. The number of pyridine rings is 1. The Kier molecular flexibility index (Phi) is 4.75. The summed E-state index contributed by atoms with van der Waals surface area (Å²) in [6.07, 6.45) is 1.61. The SMILES string of the molecule is Cc1ccc(C)c(Nc2ccc(C(=O)Nc3ccc(F)cc3)nc2)c1. The summed E-state index contributed by atoms with van der Waals surface area (Å²) >= 11 is 0. The molecule has 3 rings (SSSR count). The highest BCUT2D eigenvalue weighted by atomic mass is 19.1. The number of halogens is 1. The summed E-state index contributed by atoms with van der Waals surface area (Å²) in [5, 5.41) is 5.98. The molecule has 0 unspecified atom stereocenters. The van der Waals surface area contributed by atoms with E-state index in [4.69, 9.17) is 0 Å². The van der Waals surface area contributed by atoms with E-state index in [9.17, 15) is 9.18 Å². The van der Waals surface area contributed by atoms with Crippen LogP contribution in [0.3, 0.4) is 0 Å². The Balaban J connectivity index is 1.70. The molecule has 25 heavy (non-hydrogen) atoms. The van der Waals surface area contributed by atoms with Gasteiger partial charge in [-0.05, 0) is 67.4 Å². The van der Waals surface area contributed by atoms with Gasteiger partial charge in [-0.25, -0.2) is 9.37 Å². The molecule has 0 fully saturated rings. The monoisotopic (exact) mass is 335 g/mol. The quantitative estimate of drug-likeness (QED) is 0.718. The molecule has 4 nitrogen and oxygen atoms in total. The van der Waals surface area contributed by atoms with Crippen LogP contribution in [0.1, 0.15) is 21.6 Å². The molecule has 0 aliphatic carbocycles. The molecule has 0 radical (unpaired) electrons. The number of aryl methyl sites for hydroxylation is 2. The lowest BCUT2D eigenvalue weighted by atomic mass is 10.1. The van der Waals surface area contributed by atoms with E-state index in [1.54, 1.807) is 18.3 Å². The summed E-state index contributed by atoms with van der Waals surface area (Å²) in [7, 11) is 0. The van der Waals surface area contributed by atoms with Gasteiger partial charge in [0.1, 0.15) is 11.5 Å². The molecule has 126 valence electrons. The molecule has 0 spiro atoms. The van der Waals surface area contributed by atoms with Gasteiger partial charge in [0.15, 0.2) is 0 Å². The smallest absolute Gasteiger partial charge is 0.274 e. The van der Waals surface area contributed by atoms with Crippen LogP contribution in [-0.2, 0) is 0 Å². The van der Waals surface area contributed by atoms with Crippen molar-refractivity contribution >= 4 is 23.0 Å². The minimum atomic E-state index is -0.349. The summed E-state index contributed by atoms with van der Waals surface area (Å²) in [5.41, 5.74) is 4.90. The van der Waals surface area contributed by atoms with Crippen LogP contribution in [0.4, 0.5) is 21.5 Å². The van der Waals surface area contributed by atoms with Gasteiger partial charge in [-0.2, -0.15) is 0 Å². The summed E-state index contributed by atoms with van der Waals surface area (Å²) in [6, 6.07) is 15.2. The molecule has 0 aliphatic heterocycles. The van der Waals surface area contributed by atoms with Gasteiger partial charge in [0.2, 0.25) is 0 Å². The second kappa shape index (κ2) is 7.13. The highest BCUT2D eigenvalue weighted by Crippen LogP contribution is 2.21. The molecule has 2 aromatic carbocycles. The minimum absolute atomic E-state index is 0.288. The standard InChI is InChI=1S/C20H18FN3O/c1-13-3-4-14(2)19(11-13)23-17-9-10-18(22-12-17)20(25)24-16-7-5-15(21)6-8-16/h3-12,23H,1-2H3,(H,24,25). The fraction of sp³-hybridized carbons (Fsp3) is 0.100. The van der Waals surface area contributed by atoms with Crippen molar-refractivity contribution < 1.29 is 9.18 Å². The van der Waals surface area contributed by atoms with Crippen molar-refractivity contribution in [1.29, 1.82) is 0 Å². The first-order chi connectivity index (χ1) is 12.0. The van der Waals surface area contributed by atoms with Gasteiger partial charge in [0, 0.05) is 11.4 Å². The van der Waals surface area contributed by atoms with E-state index in [0.717, 1.165) is 22.5 Å². The van der Waals surface area contributed by atoms with E-state index < -0.39 is 0 Å². The average molecular weight is 335 g/mol. The van der Waals surface area contributed by atoms with E-state index in [2.05, 4.69) is 33.8 Å². The van der Waals surface area contributed by atoms with Gasteiger partial charge in [0.05, 0.1) is 11.9 Å². The largest absolute Gasteiger partial charge is 0.354 e. The van der Waals surface area contributed by atoms with E-state index in [1.807, 2.05) is 13.8 Å². The van der Waals surface area contributed by atoms with Crippen molar-refractivity contribution in [3.05, 3.63) is 83.4 Å². The van der Waals surface area contributed by atoms with Crippen LogP contribution in [0.25, 0.3) is 0 Å². The molecule has 1 amide bonds. The molecule has 1 aromatic heterocycles. The topological polar surface area (TPSA) is 54.0 Å². The molecule has 0 atom stereocenters. The zero-order valence-electron chi connectivity index (χ0n) is 14.0. The summed E-state index contributed by atoms with van der Waals surface area (Å²) in [5.74, 6) is -0.692. The molecule has 5 heteroatoms. The number of rotatable bonds is 4. The number of nitrogens with one attached hydrogen (secondary N) is 2. The van der Waals surface area contributed by atoms with Gasteiger partial charge in [-0.15, -0.1) is 0 Å². The van der Waals surface area contributed by atoms with Crippen molar-refractivity contribution in [3.63, 3.8) is 0 Å². The number of carbonyl (C=O) groups excluding carboxylic acids is 1. The van der Waals surface area contributed by atoms with Crippen molar-refractivity contribution in [1.82, 2.24) is 4.98 Å². The van der Waals surface area contributed by atoms with Crippen LogP contribution < -0.4 is 10.6 Å². The highest BCUT2D eigenvalue weighted by Gasteiger charge is 2.08. The van der Waals surface area contributed by atoms with Crippen LogP contribution in [0.15, 0.2) is 60.8 Å². The number of hydrogen-bond acceptors (Lipinski definition) is 3. The second-order valence-corrected chi connectivity index (χ2v) is 5.84. The molecule has 0 saturated carbocycles. The van der Waals surface area contributed by atoms with Crippen molar-refractivity contribution in [2.45, 2.75) is 13.8 Å². The number of nitrogens with zero attached hydrogens (tertiary/aromatic N) is 1. The Labute approximate surface area is 145 Å². The van der Waals surface area contributed by atoms with Crippen molar-refractivity contribution in [3.8, 4) is 0 Å². The summed E-state index contributed by atoms with van der Waals surface area (Å²) in [4.78, 5) is 16.4. The zero-order chi connectivity index (χ0) is 17.8. The Bertz CT molecular complexity index is 890. The second-order valence-electron chi connectivity index (χ2n) is 5.84. The van der Waals surface area contributed by atoms with Crippen LogP contribution in [0.5, 0.6) is 0 Å². The third-order valence-corrected chi connectivity index (χ3v) is 3.77. The van der Waals surface area contributed by atoms with Gasteiger partial charge >= 0.3 is 0 Å². The average Bonchev–Trinajstić information content (AvgIpc) is 2.61. The maximum atomic E-state index is 12.9. The fourth-order valence-electron chi connectivity index (χ4n) is 2.36. The van der Waals surface area contributed by atoms with Crippen LogP contribution in [0.2, 0.25) is 0 Å². The Morgan fingerprint density at radius 3 is 2.36 bits per heavy atom. The third kappa shape index (κ3) is 4.20. The third-order valence-electron chi connectivity index (χ3n) is 3.77. The van der Waals surface area contributed by atoms with Crippen molar-refractivity contribution in [2.75, 3.05) is 10.6 Å². The number of carbonyl (C=O) groups is 1. The summed E-state index contributed by atoms with van der Waals surface area (Å²) in [6.45, 7) is 4.06. The normalized spacial score (nSPS) is 10.4. The van der Waals surface area contributed by atoms with Gasteiger partial charge < -0.3 is 10.6 Å². The maximum Gasteiger partial charge on any atom is 0.274 e. The molecular formula is C20H18FN3O. The zero-order valence-corrected chi connectivity index (χ0v) is 14.0. The lowest BCUT2D eigenvalue weighted by Crippen LogP contribution is -2.13. The number of anilines is 3. The molecule has 2 N–H and O–H groups in total. The van der Waals surface area contributed by atoms with Gasteiger partial charge in [-0.1, -0.05) is 12.1 Å². The molecular weight excluding hydrogens is 317 g/mol. The number of aromatic nitrogens is 1. The first-order valence-electron chi connectivity index (χ1n) is 7.88. The predicted molar refractivity (Wildman–Crippen MR) is 97.8 cm³/mol. The predicted octanol–water partition coefficient (Wildman–Crippen LogP) is 4.83. The Hall–Kier alpha value is -3.21. The van der Waals surface area contributed by atoms with Gasteiger partial charge in [0.25, 0.3) is 5.91 Å². The molecule has 3 aromatic rings. The number of benzene rings is 2. The fourth-order valence-corrected chi connectivity index (χ4v) is 2.36. The van der Waals surface area contributed by atoms with Crippen molar-refractivity contribution in [2.24, 2.45) is 0 Å². The van der Waals surface area contributed by atoms with E-state index in [1.165, 1.54) is 24.3 Å². The lowest BCUT2D eigenvalue weighted by molar-refractivity contribution is 0.102. The van der Waals surface area contributed by atoms with E-state index in [0.29, 0.717) is 5.69 Å². The van der Waals surface area contributed by atoms with E-state index >= 15 is 0 Å². The van der Waals surface area contributed by atoms with Crippen LogP contribution >= 0.6 is 0 Å². The summed E-state index contributed by atoms with van der Waals surface area (Å²) < 4.78 is 12.9. The van der Waals surface area contributed by atoms with Gasteiger partial charge in [-0.3, -0.25) is 4.79 Å². The number of hydrogen-bond donors (Lipinski definition) is 2. The highest BCUT2D eigenvalue weighted by molar-refractivity contribution is 6.02. The van der Waals surface area contributed by atoms with Crippen LogP contribution in [0, 0.1) is 19.7 Å². The van der Waals surface area contributed by atoms with E-state index in [-0.39, 0.29) is 17.4 Å². The maximum absolute atomic E-state index is 12.9. The first-order valence-corrected chi connectivity index (χ1v) is 7.88. The molecule has 0 bridgehead atoms. The lowest BCUT2D eigenvalue weighted by Gasteiger charge is -2.11. The molecule has 1 heterocycles. The first kappa shape index (κ1) is 16.6. The Morgan fingerprint density at radius 1 is 0.960 bits per heavy atom.